The minimum absolute atomic E-state index is 0.515. The number of carboxylic acids is 2. The number of carboxylic acid groups (broad SMARTS) is 2. The summed E-state index contributed by atoms with van der Waals surface area (Å²) >= 11 is 2.27. The zero-order chi connectivity index (χ0) is 17.7. The highest BCUT2D eigenvalue weighted by atomic mass is 127. The van der Waals surface area contributed by atoms with Crippen LogP contribution in [0.1, 0.15) is 13.8 Å². The standard InChI is InChI=1S/C13H20INO2.C2H2O4/c1-11(2)15-7-8-16-9-10-17-13-6-4-3-5-12(13)14;3-1(4)2(5)6/h3-6,11,15H,7-10H2,1-2H3;(H,3,4)(H,5,6). The van der Waals surface area contributed by atoms with Crippen molar-refractivity contribution in [2.24, 2.45) is 0 Å². The summed E-state index contributed by atoms with van der Waals surface area (Å²) in [5, 5.41) is 18.1. The number of nitrogens with one attached hydrogen (secondary N) is 1. The van der Waals surface area contributed by atoms with Crippen molar-refractivity contribution in [3.8, 4) is 5.75 Å². The predicted octanol–water partition coefficient (Wildman–Crippen LogP) is 1.84. The highest BCUT2D eigenvalue weighted by Gasteiger charge is 2.04. The molecule has 0 aliphatic rings. The van der Waals surface area contributed by atoms with Crippen molar-refractivity contribution in [1.82, 2.24) is 5.32 Å². The van der Waals surface area contributed by atoms with Gasteiger partial charge in [-0.2, -0.15) is 0 Å². The largest absolute Gasteiger partial charge is 0.490 e. The van der Waals surface area contributed by atoms with Crippen LogP contribution in [0.5, 0.6) is 5.75 Å². The van der Waals surface area contributed by atoms with E-state index in [0.29, 0.717) is 19.3 Å². The van der Waals surface area contributed by atoms with Gasteiger partial charge in [-0.1, -0.05) is 26.0 Å². The zero-order valence-corrected chi connectivity index (χ0v) is 15.3. The summed E-state index contributed by atoms with van der Waals surface area (Å²) in [6.07, 6.45) is 0. The van der Waals surface area contributed by atoms with Crippen LogP contribution in [0.4, 0.5) is 0 Å². The van der Waals surface area contributed by atoms with E-state index in [2.05, 4.69) is 41.8 Å². The highest BCUT2D eigenvalue weighted by Crippen LogP contribution is 2.19. The van der Waals surface area contributed by atoms with Crippen LogP contribution in [0.3, 0.4) is 0 Å². The third-order valence-electron chi connectivity index (χ3n) is 2.30. The fourth-order valence-electron chi connectivity index (χ4n) is 1.29. The molecule has 1 aromatic rings. The summed E-state index contributed by atoms with van der Waals surface area (Å²) in [4.78, 5) is 18.2. The fourth-order valence-corrected chi connectivity index (χ4v) is 1.84. The van der Waals surface area contributed by atoms with E-state index in [-0.39, 0.29) is 0 Å². The first-order chi connectivity index (χ1) is 10.8. The number of aliphatic carboxylic acids is 2. The monoisotopic (exact) mass is 439 g/mol. The number of hydrogen-bond acceptors (Lipinski definition) is 5. The van der Waals surface area contributed by atoms with Gasteiger partial charge in [0.05, 0.1) is 16.8 Å². The van der Waals surface area contributed by atoms with Gasteiger partial charge in [-0.15, -0.1) is 0 Å². The maximum atomic E-state index is 9.10. The van der Waals surface area contributed by atoms with Gasteiger partial charge in [0.15, 0.2) is 0 Å². The molecule has 0 atom stereocenters. The summed E-state index contributed by atoms with van der Waals surface area (Å²) in [7, 11) is 0. The molecule has 0 saturated heterocycles. The Morgan fingerprint density at radius 2 is 1.74 bits per heavy atom. The molecule has 1 aromatic carbocycles. The summed E-state index contributed by atoms with van der Waals surface area (Å²) in [5.41, 5.74) is 0. The van der Waals surface area contributed by atoms with Crippen molar-refractivity contribution in [2.45, 2.75) is 19.9 Å². The number of carbonyl (C=O) groups is 2. The molecular weight excluding hydrogens is 417 g/mol. The average Bonchev–Trinajstić information content (AvgIpc) is 2.48. The van der Waals surface area contributed by atoms with Crippen molar-refractivity contribution in [1.29, 1.82) is 0 Å². The summed E-state index contributed by atoms with van der Waals surface area (Å²) < 4.78 is 12.2. The molecular formula is C15H22INO6. The molecule has 0 radical (unpaired) electrons. The van der Waals surface area contributed by atoms with Gasteiger partial charge in [-0.3, -0.25) is 0 Å². The molecule has 0 spiro atoms. The minimum atomic E-state index is -1.82. The van der Waals surface area contributed by atoms with Gasteiger partial charge in [0.2, 0.25) is 0 Å². The van der Waals surface area contributed by atoms with Crippen molar-refractivity contribution >= 4 is 34.5 Å². The quantitative estimate of drug-likeness (QED) is 0.323. The van der Waals surface area contributed by atoms with E-state index in [1.165, 1.54) is 0 Å². The maximum absolute atomic E-state index is 9.10. The van der Waals surface area contributed by atoms with Gasteiger partial charge in [-0.05, 0) is 34.7 Å². The lowest BCUT2D eigenvalue weighted by molar-refractivity contribution is -0.159. The van der Waals surface area contributed by atoms with E-state index < -0.39 is 11.9 Å². The van der Waals surface area contributed by atoms with E-state index in [9.17, 15) is 0 Å². The van der Waals surface area contributed by atoms with Crippen LogP contribution >= 0.6 is 22.6 Å². The Balaban J connectivity index is 0.000000688. The van der Waals surface area contributed by atoms with E-state index >= 15 is 0 Å². The van der Waals surface area contributed by atoms with Gasteiger partial charge >= 0.3 is 11.9 Å². The molecule has 0 bridgehead atoms. The maximum Gasteiger partial charge on any atom is 0.414 e. The molecule has 130 valence electrons. The van der Waals surface area contributed by atoms with E-state index in [1.54, 1.807) is 0 Å². The van der Waals surface area contributed by atoms with Gasteiger partial charge in [-0.25, -0.2) is 9.59 Å². The Morgan fingerprint density at radius 3 is 2.26 bits per heavy atom. The molecule has 3 N–H and O–H groups in total. The van der Waals surface area contributed by atoms with Crippen LogP contribution in [0, 0.1) is 3.57 Å². The van der Waals surface area contributed by atoms with Crippen molar-refractivity contribution in [3.05, 3.63) is 27.8 Å². The van der Waals surface area contributed by atoms with Gasteiger partial charge < -0.3 is 25.0 Å². The highest BCUT2D eigenvalue weighted by molar-refractivity contribution is 14.1. The predicted molar refractivity (Wildman–Crippen MR) is 93.9 cm³/mol. The Morgan fingerprint density at radius 1 is 1.13 bits per heavy atom. The molecule has 0 fully saturated rings. The molecule has 0 unspecified atom stereocenters. The molecule has 23 heavy (non-hydrogen) atoms. The average molecular weight is 439 g/mol. The van der Waals surface area contributed by atoms with E-state index in [1.807, 2.05) is 24.3 Å². The number of para-hydroxylation sites is 1. The molecule has 0 aromatic heterocycles. The van der Waals surface area contributed by atoms with Crippen molar-refractivity contribution in [3.63, 3.8) is 0 Å². The first-order valence-electron chi connectivity index (χ1n) is 6.99. The Bertz CT molecular complexity index is 469. The topological polar surface area (TPSA) is 105 Å². The Kier molecular flexibility index (Phi) is 12.3. The lowest BCUT2D eigenvalue weighted by Gasteiger charge is -2.10. The van der Waals surface area contributed by atoms with E-state index in [4.69, 9.17) is 29.3 Å². The van der Waals surface area contributed by atoms with Crippen molar-refractivity contribution in [2.75, 3.05) is 26.4 Å². The first-order valence-corrected chi connectivity index (χ1v) is 8.07. The number of ether oxygens (including phenoxy) is 2. The molecule has 7 nitrogen and oxygen atoms in total. The van der Waals surface area contributed by atoms with Crippen LogP contribution < -0.4 is 10.1 Å². The molecule has 0 heterocycles. The SMILES string of the molecule is CC(C)NCCOCCOc1ccccc1I.O=C(O)C(=O)O. The molecule has 1 rings (SSSR count). The van der Waals surface area contributed by atoms with Crippen molar-refractivity contribution < 1.29 is 29.3 Å². The van der Waals surface area contributed by atoms with Crippen LogP contribution in [0.15, 0.2) is 24.3 Å². The third kappa shape index (κ3) is 12.8. The molecule has 0 amide bonds. The lowest BCUT2D eigenvalue weighted by Crippen LogP contribution is -2.27. The molecule has 0 aliphatic heterocycles. The second-order valence-electron chi connectivity index (χ2n) is 4.61. The number of benzene rings is 1. The van der Waals surface area contributed by atoms with Gasteiger partial charge in [0.25, 0.3) is 0 Å². The first kappa shape index (κ1) is 21.6. The van der Waals surface area contributed by atoms with E-state index in [0.717, 1.165) is 22.5 Å². The smallest absolute Gasteiger partial charge is 0.414 e. The van der Waals surface area contributed by atoms with Crippen LogP contribution in [-0.2, 0) is 14.3 Å². The molecule has 0 aliphatic carbocycles. The Labute approximate surface area is 149 Å². The number of halogens is 1. The van der Waals surface area contributed by atoms with Crippen LogP contribution in [0.25, 0.3) is 0 Å². The van der Waals surface area contributed by atoms with Crippen LogP contribution in [-0.4, -0.2) is 54.6 Å². The number of rotatable bonds is 8. The molecule has 0 saturated carbocycles. The van der Waals surface area contributed by atoms with Crippen LogP contribution in [0.2, 0.25) is 0 Å². The normalized spacial score (nSPS) is 9.91. The zero-order valence-electron chi connectivity index (χ0n) is 13.1. The second kappa shape index (κ2) is 13.1. The second-order valence-corrected chi connectivity index (χ2v) is 5.77. The minimum Gasteiger partial charge on any atom is -0.490 e. The summed E-state index contributed by atoms with van der Waals surface area (Å²) in [6.45, 7) is 7.10. The third-order valence-corrected chi connectivity index (χ3v) is 3.20. The number of hydrogen-bond donors (Lipinski definition) is 3. The fraction of sp³-hybridized carbons (Fsp3) is 0.467. The summed E-state index contributed by atoms with van der Waals surface area (Å²) in [6, 6.07) is 8.50. The lowest BCUT2D eigenvalue weighted by atomic mass is 10.3. The summed E-state index contributed by atoms with van der Waals surface area (Å²) in [5.74, 6) is -2.72. The van der Waals surface area contributed by atoms with Gasteiger partial charge in [0.1, 0.15) is 12.4 Å². The molecule has 8 heteroatoms. The van der Waals surface area contributed by atoms with Gasteiger partial charge in [0, 0.05) is 12.6 Å². The Hall–Kier alpha value is -1.39.